The third-order valence-electron chi connectivity index (χ3n) is 2.65. The molecule has 0 aliphatic carbocycles. The number of nitrogens with zero attached hydrogens (tertiary/aromatic N) is 2. The van der Waals surface area contributed by atoms with Crippen LogP contribution in [0.5, 0.6) is 0 Å². The molecule has 1 aromatic heterocycles. The number of hydrogen-bond acceptors (Lipinski definition) is 3. The van der Waals surface area contributed by atoms with Crippen molar-refractivity contribution in [1.82, 2.24) is 15.1 Å². The Kier molecular flexibility index (Phi) is 4.07. The summed E-state index contributed by atoms with van der Waals surface area (Å²) >= 11 is 0. The highest BCUT2D eigenvalue weighted by Gasteiger charge is 2.04. The van der Waals surface area contributed by atoms with Crippen molar-refractivity contribution < 1.29 is 4.79 Å². The first-order valence-electron chi connectivity index (χ1n) is 6.05. The normalized spacial score (nSPS) is 10.2. The molecule has 0 fully saturated rings. The van der Waals surface area contributed by atoms with Crippen LogP contribution in [0.25, 0.3) is 0 Å². The summed E-state index contributed by atoms with van der Waals surface area (Å²) in [4.78, 5) is 23.3. The Morgan fingerprint density at radius 3 is 2.68 bits per heavy atom. The average molecular weight is 257 g/mol. The van der Waals surface area contributed by atoms with Gasteiger partial charge in [-0.2, -0.15) is 5.10 Å². The fraction of sp³-hybridized carbons (Fsp3) is 0.214. The maximum atomic E-state index is 11.8. The number of hydrogen-bond donors (Lipinski definition) is 1. The van der Waals surface area contributed by atoms with Crippen LogP contribution in [0.3, 0.4) is 0 Å². The van der Waals surface area contributed by atoms with Crippen molar-refractivity contribution in [2.45, 2.75) is 13.5 Å². The highest BCUT2D eigenvalue weighted by atomic mass is 16.1. The molecule has 98 valence electrons. The minimum absolute atomic E-state index is 0.152. The van der Waals surface area contributed by atoms with Crippen LogP contribution in [0, 0.1) is 6.92 Å². The highest BCUT2D eigenvalue weighted by Crippen LogP contribution is 1.97. The van der Waals surface area contributed by atoms with Crippen LogP contribution in [-0.2, 0) is 6.54 Å². The van der Waals surface area contributed by atoms with E-state index in [1.807, 2.05) is 25.1 Å². The Bertz CT molecular complexity index is 620. The zero-order valence-corrected chi connectivity index (χ0v) is 10.7. The van der Waals surface area contributed by atoms with Crippen molar-refractivity contribution in [3.8, 4) is 0 Å². The fourth-order valence-electron chi connectivity index (χ4n) is 1.68. The van der Waals surface area contributed by atoms with E-state index < -0.39 is 0 Å². The smallest absolute Gasteiger partial charge is 0.266 e. The van der Waals surface area contributed by atoms with Crippen molar-refractivity contribution >= 4 is 5.91 Å². The number of carbonyl (C=O) groups excluding carboxylic acids is 1. The Balaban J connectivity index is 1.92. The molecule has 5 heteroatoms. The summed E-state index contributed by atoms with van der Waals surface area (Å²) < 4.78 is 1.35. The molecule has 0 bridgehead atoms. The highest BCUT2D eigenvalue weighted by molar-refractivity contribution is 5.94. The topological polar surface area (TPSA) is 64.0 Å². The molecule has 5 nitrogen and oxygen atoms in total. The summed E-state index contributed by atoms with van der Waals surface area (Å²) in [6, 6.07) is 12.1. The van der Waals surface area contributed by atoms with E-state index in [-0.39, 0.29) is 11.5 Å². The molecule has 2 aromatic rings. The van der Waals surface area contributed by atoms with Gasteiger partial charge in [-0.1, -0.05) is 18.2 Å². The van der Waals surface area contributed by atoms with Gasteiger partial charge in [-0.05, 0) is 25.1 Å². The lowest BCUT2D eigenvalue weighted by atomic mass is 10.2. The molecule has 19 heavy (non-hydrogen) atoms. The Hall–Kier alpha value is -2.43. The number of carbonyl (C=O) groups is 1. The van der Waals surface area contributed by atoms with Gasteiger partial charge in [0, 0.05) is 18.2 Å². The maximum Gasteiger partial charge on any atom is 0.266 e. The maximum absolute atomic E-state index is 11.8. The Labute approximate surface area is 110 Å². The molecule has 0 unspecified atom stereocenters. The second-order valence-corrected chi connectivity index (χ2v) is 4.16. The van der Waals surface area contributed by atoms with Gasteiger partial charge >= 0.3 is 0 Å². The SMILES string of the molecule is Cc1ccc(=O)n(CCNC(=O)c2ccccc2)n1. The van der Waals surface area contributed by atoms with Crippen molar-refractivity contribution in [1.29, 1.82) is 0 Å². The average Bonchev–Trinajstić information content (AvgIpc) is 2.43. The van der Waals surface area contributed by atoms with Crippen LogP contribution in [-0.4, -0.2) is 22.2 Å². The van der Waals surface area contributed by atoms with E-state index >= 15 is 0 Å². The largest absolute Gasteiger partial charge is 0.350 e. The van der Waals surface area contributed by atoms with Crippen LogP contribution in [0.2, 0.25) is 0 Å². The molecule has 1 N–H and O–H groups in total. The number of aromatic nitrogens is 2. The molecule has 1 aromatic carbocycles. The van der Waals surface area contributed by atoms with Gasteiger partial charge in [0.2, 0.25) is 0 Å². The van der Waals surface area contributed by atoms with E-state index in [0.29, 0.717) is 18.7 Å². The summed E-state index contributed by atoms with van der Waals surface area (Å²) in [5, 5.41) is 6.85. The molecule has 0 saturated heterocycles. The molecule has 0 saturated carbocycles. The fourth-order valence-corrected chi connectivity index (χ4v) is 1.68. The number of aryl methyl sites for hydroxylation is 1. The van der Waals surface area contributed by atoms with Gasteiger partial charge in [0.25, 0.3) is 11.5 Å². The molecule has 0 aliphatic rings. The first-order chi connectivity index (χ1) is 9.16. The molecule has 1 heterocycles. The standard InChI is InChI=1S/C14H15N3O2/c1-11-7-8-13(18)17(16-11)10-9-15-14(19)12-5-3-2-4-6-12/h2-8H,9-10H2,1H3,(H,15,19). The second kappa shape index (κ2) is 5.95. The minimum Gasteiger partial charge on any atom is -0.350 e. The van der Waals surface area contributed by atoms with E-state index in [0.717, 1.165) is 5.69 Å². The number of nitrogens with one attached hydrogen (secondary N) is 1. The predicted octanol–water partition coefficient (Wildman–Crippen LogP) is 0.982. The van der Waals surface area contributed by atoms with E-state index in [9.17, 15) is 9.59 Å². The molecular formula is C14H15N3O2. The first-order valence-corrected chi connectivity index (χ1v) is 6.05. The van der Waals surface area contributed by atoms with Gasteiger partial charge in [0.15, 0.2) is 0 Å². The van der Waals surface area contributed by atoms with Gasteiger partial charge in [-0.3, -0.25) is 9.59 Å². The summed E-state index contributed by atoms with van der Waals surface area (Å²) in [7, 11) is 0. The molecule has 0 atom stereocenters. The summed E-state index contributed by atoms with van der Waals surface area (Å²) in [5.41, 5.74) is 1.21. The van der Waals surface area contributed by atoms with Crippen LogP contribution in [0.4, 0.5) is 0 Å². The molecule has 0 aliphatic heterocycles. The summed E-state index contributed by atoms with van der Waals surface area (Å²) in [6.07, 6.45) is 0. The van der Waals surface area contributed by atoms with Crippen LogP contribution in [0.15, 0.2) is 47.3 Å². The third-order valence-corrected chi connectivity index (χ3v) is 2.65. The van der Waals surface area contributed by atoms with E-state index in [4.69, 9.17) is 0 Å². The zero-order chi connectivity index (χ0) is 13.7. The Morgan fingerprint density at radius 1 is 1.21 bits per heavy atom. The third kappa shape index (κ3) is 3.51. The van der Waals surface area contributed by atoms with Gasteiger partial charge < -0.3 is 5.32 Å². The van der Waals surface area contributed by atoms with Gasteiger partial charge in [0.05, 0.1) is 12.2 Å². The van der Waals surface area contributed by atoms with E-state index in [1.54, 1.807) is 18.2 Å². The number of benzene rings is 1. The van der Waals surface area contributed by atoms with Crippen LogP contribution in [0.1, 0.15) is 16.1 Å². The van der Waals surface area contributed by atoms with E-state index in [1.165, 1.54) is 10.7 Å². The Morgan fingerprint density at radius 2 is 1.95 bits per heavy atom. The van der Waals surface area contributed by atoms with Gasteiger partial charge in [-0.25, -0.2) is 4.68 Å². The van der Waals surface area contributed by atoms with Gasteiger partial charge in [0.1, 0.15) is 0 Å². The predicted molar refractivity (Wildman–Crippen MR) is 72.0 cm³/mol. The van der Waals surface area contributed by atoms with Gasteiger partial charge in [-0.15, -0.1) is 0 Å². The number of rotatable bonds is 4. The van der Waals surface area contributed by atoms with E-state index in [2.05, 4.69) is 10.4 Å². The quantitative estimate of drug-likeness (QED) is 0.888. The number of amides is 1. The summed E-state index contributed by atoms with van der Waals surface area (Å²) in [6.45, 7) is 2.54. The molecule has 0 radical (unpaired) electrons. The second-order valence-electron chi connectivity index (χ2n) is 4.16. The lowest BCUT2D eigenvalue weighted by Gasteiger charge is -2.07. The lowest BCUT2D eigenvalue weighted by Crippen LogP contribution is -2.31. The van der Waals surface area contributed by atoms with Crippen molar-refractivity contribution in [2.24, 2.45) is 0 Å². The lowest BCUT2D eigenvalue weighted by molar-refractivity contribution is 0.0951. The monoisotopic (exact) mass is 257 g/mol. The molecule has 2 rings (SSSR count). The summed E-state index contributed by atoms with van der Waals surface area (Å²) in [5.74, 6) is -0.152. The molecule has 1 amide bonds. The van der Waals surface area contributed by atoms with Crippen molar-refractivity contribution in [3.63, 3.8) is 0 Å². The molecule has 0 spiro atoms. The molecular weight excluding hydrogens is 242 g/mol. The minimum atomic E-state index is -0.167. The van der Waals surface area contributed by atoms with Crippen LogP contribution < -0.4 is 10.9 Å². The van der Waals surface area contributed by atoms with Crippen molar-refractivity contribution in [2.75, 3.05) is 6.54 Å². The van der Waals surface area contributed by atoms with Crippen molar-refractivity contribution in [3.05, 3.63) is 64.1 Å². The van der Waals surface area contributed by atoms with Crippen LogP contribution >= 0.6 is 0 Å². The first kappa shape index (κ1) is 13.0. The zero-order valence-electron chi connectivity index (χ0n) is 10.7.